The van der Waals surface area contributed by atoms with Crippen molar-refractivity contribution >= 4 is 23.3 Å². The molecule has 3 rings (SSSR count). The number of carbonyl (C=O) groups excluding carboxylic acids is 1. The van der Waals surface area contributed by atoms with Gasteiger partial charge in [-0.3, -0.25) is 9.59 Å². The number of carboxylic acids is 1. The van der Waals surface area contributed by atoms with Gasteiger partial charge in [0.25, 0.3) is 5.91 Å². The lowest BCUT2D eigenvalue weighted by atomic mass is 10.0. The van der Waals surface area contributed by atoms with E-state index in [9.17, 15) is 9.59 Å². The number of hydrogen-bond acceptors (Lipinski definition) is 3. The average molecular weight is 310 g/mol. The van der Waals surface area contributed by atoms with Crippen LogP contribution in [0.25, 0.3) is 0 Å². The van der Waals surface area contributed by atoms with Gasteiger partial charge < -0.3 is 15.3 Å². The van der Waals surface area contributed by atoms with Gasteiger partial charge in [0.15, 0.2) is 0 Å². The van der Waals surface area contributed by atoms with Crippen molar-refractivity contribution in [2.45, 2.75) is 19.4 Å². The molecular formula is C18H18N2O3. The third-order valence-corrected chi connectivity index (χ3v) is 4.28. The minimum Gasteiger partial charge on any atom is -0.481 e. The van der Waals surface area contributed by atoms with E-state index in [1.54, 1.807) is 36.1 Å². The summed E-state index contributed by atoms with van der Waals surface area (Å²) in [6.45, 7) is 2.18. The van der Waals surface area contributed by atoms with E-state index in [1.807, 2.05) is 25.2 Å². The maximum atomic E-state index is 12.6. The van der Waals surface area contributed by atoms with Crippen molar-refractivity contribution in [2.24, 2.45) is 0 Å². The third kappa shape index (κ3) is 2.65. The Bertz CT molecular complexity index is 768. The molecule has 0 saturated heterocycles. The van der Waals surface area contributed by atoms with Crippen molar-refractivity contribution in [3.63, 3.8) is 0 Å². The second kappa shape index (κ2) is 5.76. The normalized spacial score (nSPS) is 14.5. The molecule has 5 nitrogen and oxygen atoms in total. The van der Waals surface area contributed by atoms with Gasteiger partial charge in [0.1, 0.15) is 0 Å². The summed E-state index contributed by atoms with van der Waals surface area (Å²) in [5, 5.41) is 12.1. The van der Waals surface area contributed by atoms with Gasteiger partial charge in [-0.2, -0.15) is 0 Å². The highest BCUT2D eigenvalue weighted by Crippen LogP contribution is 2.30. The molecule has 118 valence electrons. The molecule has 1 unspecified atom stereocenters. The van der Waals surface area contributed by atoms with Gasteiger partial charge in [-0.25, -0.2) is 0 Å². The summed E-state index contributed by atoms with van der Waals surface area (Å²) in [6.07, 6.45) is 0. The fourth-order valence-corrected chi connectivity index (χ4v) is 2.75. The summed E-state index contributed by atoms with van der Waals surface area (Å²) in [4.78, 5) is 25.3. The molecule has 0 saturated carbocycles. The Kier molecular flexibility index (Phi) is 3.78. The van der Waals surface area contributed by atoms with Gasteiger partial charge in [0, 0.05) is 24.0 Å². The Balaban J connectivity index is 1.86. The van der Waals surface area contributed by atoms with Crippen LogP contribution in [-0.2, 0) is 11.3 Å². The SMILES string of the molecule is CNc1ccc2c(c1)C(=O)N(c1ccc(C(C)C(=O)O)cc1)C2. The number of carboxylic acid groups (broad SMARTS) is 1. The molecule has 0 aliphatic carbocycles. The van der Waals surface area contributed by atoms with Crippen LogP contribution in [0.2, 0.25) is 0 Å². The molecule has 1 amide bonds. The number of rotatable bonds is 4. The standard InChI is InChI=1S/C18H18N2O3/c1-11(18(22)23)12-4-7-15(8-5-12)20-10-13-3-6-14(19-2)9-16(13)17(20)21/h3-9,11,19H,10H2,1-2H3,(H,22,23). The van der Waals surface area contributed by atoms with Crippen LogP contribution in [0.5, 0.6) is 0 Å². The second-order valence-corrected chi connectivity index (χ2v) is 5.66. The van der Waals surface area contributed by atoms with Gasteiger partial charge >= 0.3 is 5.97 Å². The molecule has 1 heterocycles. The van der Waals surface area contributed by atoms with Crippen LogP contribution < -0.4 is 10.2 Å². The zero-order chi connectivity index (χ0) is 16.6. The number of anilines is 2. The Hall–Kier alpha value is -2.82. The van der Waals surface area contributed by atoms with Gasteiger partial charge in [-0.05, 0) is 42.3 Å². The van der Waals surface area contributed by atoms with E-state index < -0.39 is 11.9 Å². The Morgan fingerprint density at radius 3 is 2.52 bits per heavy atom. The average Bonchev–Trinajstić information content (AvgIpc) is 2.90. The Morgan fingerprint density at radius 2 is 1.91 bits per heavy atom. The number of hydrogen-bond donors (Lipinski definition) is 2. The number of nitrogens with one attached hydrogen (secondary N) is 1. The minimum absolute atomic E-state index is 0.0314. The molecular weight excluding hydrogens is 292 g/mol. The van der Waals surface area contributed by atoms with Gasteiger partial charge in [-0.15, -0.1) is 0 Å². The van der Waals surface area contributed by atoms with Crippen LogP contribution in [0.1, 0.15) is 34.3 Å². The zero-order valence-electron chi connectivity index (χ0n) is 13.0. The van der Waals surface area contributed by atoms with E-state index >= 15 is 0 Å². The Labute approximate surface area is 134 Å². The molecule has 0 bridgehead atoms. The maximum Gasteiger partial charge on any atom is 0.310 e. The zero-order valence-corrected chi connectivity index (χ0v) is 13.0. The predicted octanol–water partition coefficient (Wildman–Crippen LogP) is 3.08. The van der Waals surface area contributed by atoms with Gasteiger partial charge in [0.2, 0.25) is 0 Å². The summed E-state index contributed by atoms with van der Waals surface area (Å²) in [5.74, 6) is -1.45. The molecule has 1 aliphatic rings. The van der Waals surface area contributed by atoms with E-state index in [-0.39, 0.29) is 5.91 Å². The highest BCUT2D eigenvalue weighted by Gasteiger charge is 2.28. The topological polar surface area (TPSA) is 69.6 Å². The fraction of sp³-hybridized carbons (Fsp3) is 0.222. The van der Waals surface area contributed by atoms with Gasteiger partial charge in [0.05, 0.1) is 12.5 Å². The van der Waals surface area contributed by atoms with Crippen LogP contribution in [0.15, 0.2) is 42.5 Å². The number of nitrogens with zero attached hydrogens (tertiary/aromatic N) is 1. The number of amides is 1. The second-order valence-electron chi connectivity index (χ2n) is 5.66. The first-order valence-electron chi connectivity index (χ1n) is 7.46. The summed E-state index contributed by atoms with van der Waals surface area (Å²) in [6, 6.07) is 12.9. The molecule has 1 aliphatic heterocycles. The molecule has 2 aromatic rings. The first kappa shape index (κ1) is 15.1. The van der Waals surface area contributed by atoms with Crippen molar-refractivity contribution in [3.05, 3.63) is 59.2 Å². The van der Waals surface area contributed by atoms with Crippen LogP contribution >= 0.6 is 0 Å². The van der Waals surface area contributed by atoms with Crippen LogP contribution in [0.3, 0.4) is 0 Å². The first-order chi connectivity index (χ1) is 11.0. The lowest BCUT2D eigenvalue weighted by molar-refractivity contribution is -0.138. The van der Waals surface area contributed by atoms with Crippen molar-refractivity contribution in [1.82, 2.24) is 0 Å². The molecule has 0 aromatic heterocycles. The van der Waals surface area contributed by atoms with E-state index in [0.29, 0.717) is 12.1 Å². The molecule has 0 fully saturated rings. The van der Waals surface area contributed by atoms with E-state index in [2.05, 4.69) is 5.32 Å². The number of carbonyl (C=O) groups is 2. The molecule has 0 radical (unpaired) electrons. The molecule has 1 atom stereocenters. The first-order valence-corrected chi connectivity index (χ1v) is 7.46. The summed E-state index contributed by atoms with van der Waals surface area (Å²) in [7, 11) is 1.82. The maximum absolute atomic E-state index is 12.6. The predicted molar refractivity (Wildman–Crippen MR) is 89.0 cm³/mol. The highest BCUT2D eigenvalue weighted by atomic mass is 16.4. The third-order valence-electron chi connectivity index (χ3n) is 4.28. The largest absolute Gasteiger partial charge is 0.481 e. The van der Waals surface area contributed by atoms with Crippen molar-refractivity contribution < 1.29 is 14.7 Å². The molecule has 2 aromatic carbocycles. The number of fused-ring (bicyclic) bond motifs is 1. The van der Waals surface area contributed by atoms with Crippen LogP contribution in [-0.4, -0.2) is 24.0 Å². The fourth-order valence-electron chi connectivity index (χ4n) is 2.75. The molecule has 0 spiro atoms. The monoisotopic (exact) mass is 310 g/mol. The Morgan fingerprint density at radius 1 is 1.22 bits per heavy atom. The van der Waals surface area contributed by atoms with Crippen LogP contribution in [0.4, 0.5) is 11.4 Å². The number of benzene rings is 2. The van der Waals surface area contributed by atoms with E-state index in [4.69, 9.17) is 5.11 Å². The van der Waals surface area contributed by atoms with Crippen molar-refractivity contribution in [2.75, 3.05) is 17.3 Å². The summed E-state index contributed by atoms with van der Waals surface area (Å²) < 4.78 is 0. The summed E-state index contributed by atoms with van der Waals surface area (Å²) >= 11 is 0. The van der Waals surface area contributed by atoms with Gasteiger partial charge in [-0.1, -0.05) is 18.2 Å². The summed E-state index contributed by atoms with van der Waals surface area (Å²) in [5.41, 5.74) is 4.11. The lowest BCUT2D eigenvalue weighted by Crippen LogP contribution is -2.23. The smallest absolute Gasteiger partial charge is 0.310 e. The minimum atomic E-state index is -0.859. The lowest BCUT2D eigenvalue weighted by Gasteiger charge is -2.16. The van der Waals surface area contributed by atoms with E-state index in [0.717, 1.165) is 22.5 Å². The van der Waals surface area contributed by atoms with Crippen LogP contribution in [0, 0.1) is 0 Å². The molecule has 5 heteroatoms. The van der Waals surface area contributed by atoms with E-state index in [1.165, 1.54) is 0 Å². The molecule has 2 N–H and O–H groups in total. The van der Waals surface area contributed by atoms with Crippen molar-refractivity contribution in [3.8, 4) is 0 Å². The highest BCUT2D eigenvalue weighted by molar-refractivity contribution is 6.10. The quantitative estimate of drug-likeness (QED) is 0.910. The number of aliphatic carboxylic acids is 1. The molecule has 23 heavy (non-hydrogen) atoms. The van der Waals surface area contributed by atoms with Crippen molar-refractivity contribution in [1.29, 1.82) is 0 Å².